The van der Waals surface area contributed by atoms with Gasteiger partial charge in [-0.15, -0.1) is 0 Å². The molecule has 0 aliphatic heterocycles. The third-order valence-corrected chi connectivity index (χ3v) is 5.92. The number of aromatic amines is 2. The third-order valence-electron chi connectivity index (χ3n) is 5.92. The van der Waals surface area contributed by atoms with Crippen LogP contribution in [0.1, 0.15) is 11.4 Å². The highest BCUT2D eigenvalue weighted by atomic mass is 16.1. The number of amides is 1. The lowest BCUT2D eigenvalue weighted by Gasteiger charge is -2.05. The van der Waals surface area contributed by atoms with E-state index in [0.717, 1.165) is 56.3 Å². The number of anilines is 1. The molecule has 3 N–H and O–H groups in total. The number of carbonyl (C=O) groups excluding carboxylic acids is 1. The molecule has 0 aliphatic rings. The first kappa shape index (κ1) is 21.5. The number of hydrogen-bond acceptors (Lipinski definition) is 5. The number of H-pyrrole nitrogens is 2. The monoisotopic (exact) mass is 474 g/mol. The van der Waals surface area contributed by atoms with E-state index in [9.17, 15) is 4.79 Å². The Labute approximate surface area is 206 Å². The van der Waals surface area contributed by atoms with Crippen molar-refractivity contribution < 1.29 is 4.79 Å². The lowest BCUT2D eigenvalue weighted by Crippen LogP contribution is -2.14. The molecular formula is C27H22N8O. The number of aromatic nitrogens is 7. The molecule has 0 bridgehead atoms. The van der Waals surface area contributed by atoms with Crippen molar-refractivity contribution in [1.29, 1.82) is 0 Å². The fraction of sp³-hybridized carbons (Fsp3) is 0.0741. The van der Waals surface area contributed by atoms with E-state index in [0.29, 0.717) is 0 Å². The van der Waals surface area contributed by atoms with Crippen LogP contribution in [0.5, 0.6) is 0 Å². The lowest BCUT2D eigenvalue weighted by atomic mass is 10.1. The summed E-state index contributed by atoms with van der Waals surface area (Å²) in [5.74, 6) is 0.704. The van der Waals surface area contributed by atoms with Crippen molar-refractivity contribution in [2.45, 2.75) is 13.3 Å². The molecule has 176 valence electrons. The standard InChI is InChI=1S/C27H22N8O/c1-17-15-35(16-30-17)27-22-14-24(32-23(22)8-11-29-27)18-2-4-20(5-3-18)31-26(36)13-21-12-25(34-33-21)19-6-9-28-10-7-19/h2-12,14-16,32H,13H2,1H3,(H,31,36)(H,33,34). The van der Waals surface area contributed by atoms with Gasteiger partial charge in [-0.3, -0.25) is 19.4 Å². The zero-order chi connectivity index (χ0) is 24.5. The second kappa shape index (κ2) is 8.95. The van der Waals surface area contributed by atoms with Crippen molar-refractivity contribution in [3.05, 3.63) is 97.1 Å². The molecule has 5 aromatic heterocycles. The quantitative estimate of drug-likeness (QED) is 0.324. The van der Waals surface area contributed by atoms with E-state index in [1.165, 1.54) is 0 Å². The topological polar surface area (TPSA) is 117 Å². The average molecular weight is 475 g/mol. The van der Waals surface area contributed by atoms with E-state index in [1.54, 1.807) is 24.9 Å². The molecule has 0 saturated heterocycles. The molecule has 0 unspecified atom stereocenters. The van der Waals surface area contributed by atoms with Gasteiger partial charge in [0.2, 0.25) is 5.91 Å². The van der Waals surface area contributed by atoms with Gasteiger partial charge in [0.1, 0.15) is 12.1 Å². The van der Waals surface area contributed by atoms with Gasteiger partial charge in [-0.25, -0.2) is 9.97 Å². The van der Waals surface area contributed by atoms with Crippen LogP contribution in [0.3, 0.4) is 0 Å². The highest BCUT2D eigenvalue weighted by Gasteiger charge is 2.12. The zero-order valence-corrected chi connectivity index (χ0v) is 19.4. The molecule has 36 heavy (non-hydrogen) atoms. The molecule has 0 spiro atoms. The van der Waals surface area contributed by atoms with E-state index < -0.39 is 0 Å². The smallest absolute Gasteiger partial charge is 0.230 e. The van der Waals surface area contributed by atoms with Gasteiger partial charge in [0.25, 0.3) is 0 Å². The number of rotatable bonds is 6. The molecule has 0 atom stereocenters. The van der Waals surface area contributed by atoms with E-state index in [1.807, 2.05) is 66.2 Å². The highest BCUT2D eigenvalue weighted by molar-refractivity contribution is 5.93. The maximum Gasteiger partial charge on any atom is 0.230 e. The maximum absolute atomic E-state index is 12.6. The van der Waals surface area contributed by atoms with Crippen molar-refractivity contribution in [3.63, 3.8) is 0 Å². The molecule has 9 nitrogen and oxygen atoms in total. The Morgan fingerprint density at radius 2 is 1.81 bits per heavy atom. The highest BCUT2D eigenvalue weighted by Crippen LogP contribution is 2.28. The summed E-state index contributed by atoms with van der Waals surface area (Å²) >= 11 is 0. The molecular weight excluding hydrogens is 452 g/mol. The Kier molecular flexibility index (Phi) is 5.34. The number of hydrogen-bond donors (Lipinski definition) is 3. The van der Waals surface area contributed by atoms with Gasteiger partial charge < -0.3 is 10.3 Å². The van der Waals surface area contributed by atoms with Crippen LogP contribution >= 0.6 is 0 Å². The number of nitrogens with one attached hydrogen (secondary N) is 3. The summed E-state index contributed by atoms with van der Waals surface area (Å²) in [6.07, 6.45) is 9.13. The summed E-state index contributed by atoms with van der Waals surface area (Å²) in [7, 11) is 0. The van der Waals surface area contributed by atoms with Gasteiger partial charge in [-0.1, -0.05) is 12.1 Å². The Bertz CT molecular complexity index is 1660. The number of benzene rings is 1. The largest absolute Gasteiger partial charge is 0.354 e. The Morgan fingerprint density at radius 3 is 2.58 bits per heavy atom. The summed E-state index contributed by atoms with van der Waals surface area (Å²) in [4.78, 5) is 28.9. The van der Waals surface area contributed by atoms with E-state index >= 15 is 0 Å². The minimum absolute atomic E-state index is 0.121. The molecule has 5 heterocycles. The summed E-state index contributed by atoms with van der Waals surface area (Å²) < 4.78 is 1.92. The number of aryl methyl sites for hydroxylation is 1. The van der Waals surface area contributed by atoms with Crippen molar-refractivity contribution >= 4 is 22.5 Å². The van der Waals surface area contributed by atoms with Crippen LogP contribution in [0.4, 0.5) is 5.69 Å². The Hall–Kier alpha value is -5.05. The molecule has 0 fully saturated rings. The molecule has 9 heteroatoms. The fourth-order valence-corrected chi connectivity index (χ4v) is 4.17. The second-order valence-electron chi connectivity index (χ2n) is 8.52. The second-order valence-corrected chi connectivity index (χ2v) is 8.52. The van der Waals surface area contributed by atoms with E-state index in [4.69, 9.17) is 0 Å². The minimum Gasteiger partial charge on any atom is -0.354 e. The molecule has 0 radical (unpaired) electrons. The van der Waals surface area contributed by atoms with Crippen LogP contribution < -0.4 is 5.32 Å². The first-order chi connectivity index (χ1) is 17.6. The minimum atomic E-state index is -0.121. The van der Waals surface area contributed by atoms with Crippen molar-refractivity contribution in [2.75, 3.05) is 5.32 Å². The lowest BCUT2D eigenvalue weighted by molar-refractivity contribution is -0.115. The molecule has 6 rings (SSSR count). The summed E-state index contributed by atoms with van der Waals surface area (Å²) in [6.45, 7) is 1.95. The SMILES string of the molecule is Cc1cn(-c2nccc3[nH]c(-c4ccc(NC(=O)Cc5cc(-c6ccncc6)n[nH]5)cc4)cc23)cn1. The fourth-order valence-electron chi connectivity index (χ4n) is 4.17. The van der Waals surface area contributed by atoms with Crippen LogP contribution in [0.25, 0.3) is 39.2 Å². The molecule has 1 amide bonds. The zero-order valence-electron chi connectivity index (χ0n) is 19.4. The number of nitrogens with zero attached hydrogens (tertiary/aromatic N) is 5. The summed E-state index contributed by atoms with van der Waals surface area (Å²) in [5, 5.41) is 11.2. The van der Waals surface area contributed by atoms with E-state index in [-0.39, 0.29) is 12.3 Å². The third kappa shape index (κ3) is 4.25. The van der Waals surface area contributed by atoms with Crippen LogP contribution in [0.2, 0.25) is 0 Å². The van der Waals surface area contributed by atoms with Gasteiger partial charge in [0.15, 0.2) is 0 Å². The van der Waals surface area contributed by atoms with Gasteiger partial charge in [-0.2, -0.15) is 5.10 Å². The first-order valence-electron chi connectivity index (χ1n) is 11.5. The van der Waals surface area contributed by atoms with Crippen molar-refractivity contribution in [3.8, 4) is 28.3 Å². The number of imidazole rings is 1. The molecule has 0 saturated carbocycles. The molecule has 6 aromatic rings. The predicted octanol–water partition coefficient (Wildman–Crippen LogP) is 4.69. The average Bonchev–Trinajstić information content (AvgIpc) is 3.64. The van der Waals surface area contributed by atoms with Crippen LogP contribution in [-0.4, -0.2) is 40.6 Å². The van der Waals surface area contributed by atoms with Gasteiger partial charge in [0.05, 0.1) is 23.3 Å². The van der Waals surface area contributed by atoms with Gasteiger partial charge >= 0.3 is 0 Å². The number of fused-ring (bicyclic) bond motifs is 1. The summed E-state index contributed by atoms with van der Waals surface area (Å²) in [6, 6.07) is 17.4. The first-order valence-corrected chi connectivity index (χ1v) is 11.5. The number of carbonyl (C=O) groups is 1. The van der Waals surface area contributed by atoms with Crippen LogP contribution in [0.15, 0.2) is 85.7 Å². The Morgan fingerprint density at radius 1 is 0.972 bits per heavy atom. The summed E-state index contributed by atoms with van der Waals surface area (Å²) in [5.41, 5.74) is 7.10. The maximum atomic E-state index is 12.6. The van der Waals surface area contributed by atoms with Crippen LogP contribution in [0, 0.1) is 6.92 Å². The van der Waals surface area contributed by atoms with Crippen molar-refractivity contribution in [2.24, 2.45) is 0 Å². The Balaban J connectivity index is 1.16. The number of pyridine rings is 2. The van der Waals surface area contributed by atoms with Gasteiger partial charge in [0, 0.05) is 52.8 Å². The van der Waals surface area contributed by atoms with Crippen LogP contribution in [-0.2, 0) is 11.2 Å². The van der Waals surface area contributed by atoms with Crippen molar-refractivity contribution in [1.82, 2.24) is 34.7 Å². The molecule has 0 aliphatic carbocycles. The normalized spacial score (nSPS) is 11.1. The van der Waals surface area contributed by atoms with Gasteiger partial charge in [-0.05, 0) is 55.0 Å². The predicted molar refractivity (Wildman–Crippen MR) is 138 cm³/mol. The van der Waals surface area contributed by atoms with E-state index in [2.05, 4.69) is 41.5 Å². The molecule has 1 aromatic carbocycles.